The van der Waals surface area contributed by atoms with E-state index < -0.39 is 23.4 Å². The van der Waals surface area contributed by atoms with Crippen molar-refractivity contribution in [3.63, 3.8) is 0 Å². The first-order chi connectivity index (χ1) is 14.8. The quantitative estimate of drug-likeness (QED) is 0.704. The Balaban J connectivity index is 2.03. The van der Waals surface area contributed by atoms with Gasteiger partial charge in [-0.2, -0.15) is 13.2 Å². The summed E-state index contributed by atoms with van der Waals surface area (Å²) >= 11 is 0. The van der Waals surface area contributed by atoms with Crippen LogP contribution >= 0.6 is 0 Å². The molecule has 32 heavy (non-hydrogen) atoms. The lowest BCUT2D eigenvalue weighted by atomic mass is 9.99. The van der Waals surface area contributed by atoms with E-state index in [1.54, 1.807) is 20.8 Å². The Morgan fingerprint density at radius 1 is 1.25 bits per heavy atom. The first kappa shape index (κ1) is 24.1. The fourth-order valence-electron chi connectivity index (χ4n) is 3.33. The van der Waals surface area contributed by atoms with Crippen LogP contribution in [0, 0.1) is 5.92 Å². The number of amides is 1. The van der Waals surface area contributed by atoms with E-state index in [9.17, 15) is 18.0 Å². The van der Waals surface area contributed by atoms with Crippen LogP contribution in [0.1, 0.15) is 47.5 Å². The van der Waals surface area contributed by atoms with Gasteiger partial charge in [0.25, 0.3) is 0 Å². The van der Waals surface area contributed by atoms with Crippen molar-refractivity contribution in [3.05, 3.63) is 18.5 Å². The van der Waals surface area contributed by atoms with Gasteiger partial charge in [0.2, 0.25) is 0 Å². The standard InChI is InChI=1S/C21H30F3N5O3/c1-19(2,3)32-18(30)28(13-14-6-10-31-11-7-14)15-12-16(26-20(4,5)21(22,23)24)27-29-9-8-25-17(15)29/h8-9,12,14H,6-7,10-11,13H2,1-5H3,(H,26,27). The van der Waals surface area contributed by atoms with Crippen molar-refractivity contribution >= 4 is 23.2 Å². The number of hydrogen-bond acceptors (Lipinski definition) is 6. The zero-order chi connectivity index (χ0) is 23.7. The average Bonchev–Trinajstić information content (AvgIpc) is 3.12. The number of carbonyl (C=O) groups is 1. The Morgan fingerprint density at radius 2 is 1.91 bits per heavy atom. The molecule has 0 aromatic carbocycles. The zero-order valence-electron chi connectivity index (χ0n) is 19.0. The van der Waals surface area contributed by atoms with Gasteiger partial charge in [-0.25, -0.2) is 14.3 Å². The Kier molecular flexibility index (Phi) is 6.60. The van der Waals surface area contributed by atoms with E-state index in [2.05, 4.69) is 15.4 Å². The molecule has 1 fully saturated rings. The Hall–Kier alpha value is -2.56. The molecular formula is C21H30F3N5O3. The molecule has 0 aliphatic carbocycles. The number of carbonyl (C=O) groups excluding carboxylic acids is 1. The first-order valence-electron chi connectivity index (χ1n) is 10.5. The molecule has 1 N–H and O–H groups in total. The lowest BCUT2D eigenvalue weighted by Gasteiger charge is -2.33. The van der Waals surface area contributed by atoms with E-state index >= 15 is 0 Å². The van der Waals surface area contributed by atoms with Crippen LogP contribution in [0.5, 0.6) is 0 Å². The van der Waals surface area contributed by atoms with Gasteiger partial charge in [0, 0.05) is 38.2 Å². The van der Waals surface area contributed by atoms with E-state index in [0.29, 0.717) is 31.1 Å². The number of aromatic nitrogens is 3. The molecule has 0 radical (unpaired) electrons. The van der Waals surface area contributed by atoms with E-state index in [-0.39, 0.29) is 11.7 Å². The SMILES string of the molecule is CC(C)(C)OC(=O)N(CC1CCOCC1)c1cc(NC(C)(C)C(F)(F)F)nn2ccnc12. The number of hydrogen-bond donors (Lipinski definition) is 1. The van der Waals surface area contributed by atoms with Crippen molar-refractivity contribution in [1.82, 2.24) is 14.6 Å². The number of nitrogens with zero attached hydrogens (tertiary/aromatic N) is 4. The summed E-state index contributed by atoms with van der Waals surface area (Å²) in [5.41, 5.74) is -2.31. The van der Waals surface area contributed by atoms with E-state index in [0.717, 1.165) is 26.7 Å². The van der Waals surface area contributed by atoms with Gasteiger partial charge in [0.1, 0.15) is 17.0 Å². The monoisotopic (exact) mass is 457 g/mol. The number of alkyl halides is 3. The highest BCUT2D eigenvalue weighted by Crippen LogP contribution is 2.34. The summed E-state index contributed by atoms with van der Waals surface area (Å²) in [4.78, 5) is 18.9. The van der Waals surface area contributed by atoms with Crippen LogP contribution in [0.3, 0.4) is 0 Å². The van der Waals surface area contributed by atoms with Gasteiger partial charge >= 0.3 is 12.3 Å². The highest BCUT2D eigenvalue weighted by molar-refractivity contribution is 5.93. The second kappa shape index (κ2) is 8.76. The third-order valence-electron chi connectivity index (χ3n) is 5.18. The zero-order valence-corrected chi connectivity index (χ0v) is 19.0. The van der Waals surface area contributed by atoms with Crippen LogP contribution in [0.15, 0.2) is 18.5 Å². The largest absolute Gasteiger partial charge is 0.443 e. The fraction of sp³-hybridized carbons (Fsp3) is 0.667. The van der Waals surface area contributed by atoms with Crippen molar-refractivity contribution in [2.24, 2.45) is 5.92 Å². The minimum absolute atomic E-state index is 0.0339. The highest BCUT2D eigenvalue weighted by Gasteiger charge is 2.47. The minimum Gasteiger partial charge on any atom is -0.443 e. The van der Waals surface area contributed by atoms with Gasteiger partial charge in [-0.05, 0) is 53.4 Å². The summed E-state index contributed by atoms with van der Waals surface area (Å²) in [5.74, 6) is 0.121. The maximum Gasteiger partial charge on any atom is 0.414 e. The number of imidazole rings is 1. The van der Waals surface area contributed by atoms with Crippen molar-refractivity contribution < 1.29 is 27.4 Å². The van der Waals surface area contributed by atoms with Crippen LogP contribution in [-0.4, -0.2) is 57.8 Å². The average molecular weight is 457 g/mol. The second-order valence-corrected chi connectivity index (χ2v) is 9.50. The van der Waals surface area contributed by atoms with Gasteiger partial charge in [0.15, 0.2) is 5.65 Å². The van der Waals surface area contributed by atoms with E-state index in [4.69, 9.17) is 9.47 Å². The topological polar surface area (TPSA) is 81.0 Å². The lowest BCUT2D eigenvalue weighted by molar-refractivity contribution is -0.168. The molecule has 2 aromatic rings. The molecule has 0 saturated carbocycles. The van der Waals surface area contributed by atoms with Gasteiger partial charge in [-0.1, -0.05) is 0 Å². The summed E-state index contributed by atoms with van der Waals surface area (Å²) in [7, 11) is 0. The third-order valence-corrected chi connectivity index (χ3v) is 5.18. The van der Waals surface area contributed by atoms with Gasteiger partial charge in [0.05, 0.1) is 5.69 Å². The van der Waals surface area contributed by atoms with Crippen molar-refractivity contribution in [2.45, 2.75) is 64.8 Å². The molecule has 3 rings (SSSR count). The molecule has 11 heteroatoms. The molecule has 1 aliphatic heterocycles. The normalized spacial score (nSPS) is 16.2. The van der Waals surface area contributed by atoms with E-state index in [1.165, 1.54) is 27.9 Å². The Morgan fingerprint density at radius 3 is 2.50 bits per heavy atom. The van der Waals surface area contributed by atoms with E-state index in [1.807, 2.05) is 0 Å². The molecule has 0 bridgehead atoms. The van der Waals surface area contributed by atoms with Crippen LogP contribution in [0.4, 0.5) is 29.5 Å². The second-order valence-electron chi connectivity index (χ2n) is 9.50. The summed E-state index contributed by atoms with van der Waals surface area (Å²) in [6.07, 6.45) is -0.575. The summed E-state index contributed by atoms with van der Waals surface area (Å²) < 4.78 is 52.7. The summed E-state index contributed by atoms with van der Waals surface area (Å²) in [5, 5.41) is 6.64. The van der Waals surface area contributed by atoms with Crippen LogP contribution in [-0.2, 0) is 9.47 Å². The van der Waals surface area contributed by atoms with Crippen LogP contribution in [0.2, 0.25) is 0 Å². The summed E-state index contributed by atoms with van der Waals surface area (Å²) in [6.45, 7) is 8.84. The van der Waals surface area contributed by atoms with Gasteiger partial charge in [-0.15, -0.1) is 5.10 Å². The molecule has 0 spiro atoms. The molecule has 8 nitrogen and oxygen atoms in total. The molecule has 1 aliphatic rings. The fourth-order valence-corrected chi connectivity index (χ4v) is 3.33. The Labute approximate surface area is 185 Å². The molecule has 0 unspecified atom stereocenters. The summed E-state index contributed by atoms with van der Waals surface area (Å²) in [6, 6.07) is 1.42. The molecular weight excluding hydrogens is 427 g/mol. The smallest absolute Gasteiger partial charge is 0.414 e. The van der Waals surface area contributed by atoms with Crippen molar-refractivity contribution in [2.75, 3.05) is 30.0 Å². The molecule has 2 aromatic heterocycles. The van der Waals surface area contributed by atoms with Crippen molar-refractivity contribution in [3.8, 4) is 0 Å². The maximum absolute atomic E-state index is 13.4. The minimum atomic E-state index is -4.51. The lowest BCUT2D eigenvalue weighted by Crippen LogP contribution is -2.46. The number of halogens is 3. The number of anilines is 2. The predicted molar refractivity (Wildman–Crippen MR) is 114 cm³/mol. The Bertz CT molecular complexity index is 946. The van der Waals surface area contributed by atoms with Crippen LogP contribution in [0.25, 0.3) is 5.65 Å². The number of fused-ring (bicyclic) bond motifs is 1. The number of ether oxygens (including phenoxy) is 2. The molecule has 1 amide bonds. The predicted octanol–water partition coefficient (Wildman–Crippen LogP) is 4.65. The van der Waals surface area contributed by atoms with Gasteiger partial charge in [-0.3, -0.25) is 4.90 Å². The first-order valence-corrected chi connectivity index (χ1v) is 10.5. The van der Waals surface area contributed by atoms with Crippen molar-refractivity contribution in [1.29, 1.82) is 0 Å². The third kappa shape index (κ3) is 5.62. The maximum atomic E-state index is 13.4. The molecule has 0 atom stereocenters. The number of nitrogens with one attached hydrogen (secondary N) is 1. The van der Waals surface area contributed by atoms with Gasteiger partial charge < -0.3 is 14.8 Å². The number of rotatable bonds is 5. The molecule has 178 valence electrons. The highest BCUT2D eigenvalue weighted by atomic mass is 19.4. The van der Waals surface area contributed by atoms with Crippen LogP contribution < -0.4 is 10.2 Å². The molecule has 3 heterocycles. The molecule has 1 saturated heterocycles.